The van der Waals surface area contributed by atoms with Gasteiger partial charge in [0.2, 0.25) is 0 Å². The largest absolute Gasteiger partial charge is 0.251 e. The van der Waals surface area contributed by atoms with Crippen LogP contribution >= 0.6 is 0 Å². The maximum Gasteiger partial charge on any atom is 0.194 e. The van der Waals surface area contributed by atoms with Crippen molar-refractivity contribution in [3.05, 3.63) is 47.3 Å². The molecule has 0 amide bonds. The van der Waals surface area contributed by atoms with E-state index in [-0.39, 0.29) is 6.67 Å². The maximum atomic E-state index is 13.2. The predicted octanol–water partition coefficient (Wildman–Crippen LogP) is 5.76. The van der Waals surface area contributed by atoms with Gasteiger partial charge in [0, 0.05) is 0 Å². The van der Waals surface area contributed by atoms with Gasteiger partial charge in [-0.1, -0.05) is 12.2 Å². The molecule has 1 aromatic carbocycles. The Morgan fingerprint density at radius 3 is 2.23 bits per heavy atom. The first kappa shape index (κ1) is 17.0. The fraction of sp³-hybridized carbons (Fsp3) is 0.556. The molecular weight excluding hydrogens is 292 g/mol. The molecule has 0 aromatic heterocycles. The average Bonchev–Trinajstić information content (AvgIpc) is 2.52. The summed E-state index contributed by atoms with van der Waals surface area (Å²) >= 11 is 0. The van der Waals surface area contributed by atoms with Gasteiger partial charge in [0.05, 0.1) is 6.67 Å². The van der Waals surface area contributed by atoms with Crippen LogP contribution in [-0.4, -0.2) is 6.67 Å². The number of halogens is 4. The summed E-state index contributed by atoms with van der Waals surface area (Å²) in [5, 5.41) is 0. The van der Waals surface area contributed by atoms with E-state index < -0.39 is 17.5 Å². The molecule has 2 rings (SSSR count). The summed E-state index contributed by atoms with van der Waals surface area (Å²) in [5.74, 6) is -2.55. The molecule has 0 atom stereocenters. The monoisotopic (exact) mass is 314 g/mol. The Morgan fingerprint density at radius 1 is 1.00 bits per heavy atom. The van der Waals surface area contributed by atoms with E-state index in [1.807, 2.05) is 6.08 Å². The molecule has 0 spiro atoms. The number of hydrogen-bond donors (Lipinski definition) is 0. The molecule has 0 aliphatic heterocycles. The van der Waals surface area contributed by atoms with Gasteiger partial charge < -0.3 is 0 Å². The van der Waals surface area contributed by atoms with Gasteiger partial charge in [-0.3, -0.25) is 4.39 Å². The highest BCUT2D eigenvalue weighted by atomic mass is 19.2. The van der Waals surface area contributed by atoms with Gasteiger partial charge in [-0.25, -0.2) is 13.2 Å². The third kappa shape index (κ3) is 4.85. The standard InChI is InChI=1S/C18H22F4/c19-10-2-1-3-13-4-6-14(7-5-13)8-9-15-11-16(20)18(22)17(21)12-15/h1,3,11-14H,2,4-10H2/t13-,14-. The van der Waals surface area contributed by atoms with Crippen LogP contribution in [0.25, 0.3) is 0 Å². The zero-order valence-corrected chi connectivity index (χ0v) is 12.6. The number of benzene rings is 1. The number of aryl methyl sites for hydroxylation is 1. The number of hydrogen-bond acceptors (Lipinski definition) is 0. The minimum absolute atomic E-state index is 0.309. The van der Waals surface area contributed by atoms with Crippen molar-refractivity contribution >= 4 is 0 Å². The quantitative estimate of drug-likeness (QED) is 0.356. The zero-order valence-electron chi connectivity index (χ0n) is 12.6. The van der Waals surface area contributed by atoms with Gasteiger partial charge in [0.15, 0.2) is 17.5 Å². The Labute approximate surface area is 129 Å². The van der Waals surface area contributed by atoms with Crippen LogP contribution in [0, 0.1) is 29.3 Å². The summed E-state index contributed by atoms with van der Waals surface area (Å²) in [6.45, 7) is -0.309. The van der Waals surface area contributed by atoms with E-state index in [9.17, 15) is 17.6 Å². The van der Waals surface area contributed by atoms with Crippen molar-refractivity contribution in [3.63, 3.8) is 0 Å². The topological polar surface area (TPSA) is 0 Å². The second kappa shape index (κ2) is 8.35. The van der Waals surface area contributed by atoms with Crippen molar-refractivity contribution in [3.8, 4) is 0 Å². The van der Waals surface area contributed by atoms with Gasteiger partial charge in [0.1, 0.15) is 0 Å². The first-order chi connectivity index (χ1) is 10.6. The third-order valence-corrected chi connectivity index (χ3v) is 4.46. The summed E-state index contributed by atoms with van der Waals surface area (Å²) in [7, 11) is 0. The van der Waals surface area contributed by atoms with Crippen LogP contribution in [0.2, 0.25) is 0 Å². The van der Waals surface area contributed by atoms with E-state index in [2.05, 4.69) is 6.08 Å². The van der Waals surface area contributed by atoms with E-state index in [1.54, 1.807) is 0 Å². The molecule has 1 aliphatic carbocycles. The molecule has 1 fully saturated rings. The number of rotatable bonds is 6. The van der Waals surface area contributed by atoms with Crippen LogP contribution in [0.4, 0.5) is 17.6 Å². The summed E-state index contributed by atoms with van der Waals surface area (Å²) in [4.78, 5) is 0. The molecule has 0 radical (unpaired) electrons. The van der Waals surface area contributed by atoms with Gasteiger partial charge in [-0.15, -0.1) is 0 Å². The molecule has 1 saturated carbocycles. The molecule has 0 saturated heterocycles. The van der Waals surface area contributed by atoms with Gasteiger partial charge >= 0.3 is 0 Å². The average molecular weight is 314 g/mol. The first-order valence-electron chi connectivity index (χ1n) is 7.96. The van der Waals surface area contributed by atoms with Crippen LogP contribution in [0.15, 0.2) is 24.3 Å². The lowest BCUT2D eigenvalue weighted by atomic mass is 9.79. The second-order valence-corrected chi connectivity index (χ2v) is 6.10. The van der Waals surface area contributed by atoms with Crippen LogP contribution < -0.4 is 0 Å². The second-order valence-electron chi connectivity index (χ2n) is 6.10. The molecule has 0 nitrogen and oxygen atoms in total. The molecule has 22 heavy (non-hydrogen) atoms. The van der Waals surface area contributed by atoms with Crippen molar-refractivity contribution < 1.29 is 17.6 Å². The SMILES string of the molecule is FCCC=C[C@H]1CC[C@H](CCc2cc(F)c(F)c(F)c2)CC1. The van der Waals surface area contributed by atoms with Crippen LogP contribution in [0.1, 0.15) is 44.1 Å². The molecule has 4 heteroatoms. The van der Waals surface area contributed by atoms with Crippen molar-refractivity contribution in [1.29, 1.82) is 0 Å². The Bertz CT molecular complexity index is 479. The van der Waals surface area contributed by atoms with E-state index in [1.165, 1.54) is 0 Å². The lowest BCUT2D eigenvalue weighted by molar-refractivity contribution is 0.295. The molecule has 0 N–H and O–H groups in total. The molecule has 0 bridgehead atoms. The van der Waals surface area contributed by atoms with Crippen LogP contribution in [-0.2, 0) is 6.42 Å². The smallest absolute Gasteiger partial charge is 0.194 e. The van der Waals surface area contributed by atoms with E-state index in [0.717, 1.165) is 44.2 Å². The summed E-state index contributed by atoms with van der Waals surface area (Å²) in [5.41, 5.74) is 0.515. The summed E-state index contributed by atoms with van der Waals surface area (Å²) in [6.07, 6.45) is 10.3. The van der Waals surface area contributed by atoms with Crippen molar-refractivity contribution in [2.75, 3.05) is 6.67 Å². The predicted molar refractivity (Wildman–Crippen MR) is 79.8 cm³/mol. The van der Waals surface area contributed by atoms with Gasteiger partial charge in [-0.05, 0) is 74.5 Å². The van der Waals surface area contributed by atoms with Gasteiger partial charge in [0.25, 0.3) is 0 Å². The third-order valence-electron chi connectivity index (χ3n) is 4.46. The van der Waals surface area contributed by atoms with Crippen molar-refractivity contribution in [2.24, 2.45) is 11.8 Å². The molecular formula is C18H22F4. The van der Waals surface area contributed by atoms with Gasteiger partial charge in [-0.2, -0.15) is 0 Å². The fourth-order valence-electron chi connectivity index (χ4n) is 3.14. The molecule has 1 aromatic rings. The normalized spacial score (nSPS) is 22.4. The summed E-state index contributed by atoms with van der Waals surface area (Å²) < 4.78 is 51.2. The Hall–Kier alpha value is -1.32. The Morgan fingerprint density at radius 2 is 1.64 bits per heavy atom. The van der Waals surface area contributed by atoms with E-state index in [4.69, 9.17) is 0 Å². The van der Waals surface area contributed by atoms with Crippen molar-refractivity contribution in [2.45, 2.75) is 44.9 Å². The van der Waals surface area contributed by atoms with Crippen molar-refractivity contribution in [1.82, 2.24) is 0 Å². The lowest BCUT2D eigenvalue weighted by Crippen LogP contribution is -2.14. The molecule has 0 heterocycles. The maximum absolute atomic E-state index is 13.2. The lowest BCUT2D eigenvalue weighted by Gasteiger charge is -2.26. The van der Waals surface area contributed by atoms with Crippen LogP contribution in [0.5, 0.6) is 0 Å². The highest BCUT2D eigenvalue weighted by molar-refractivity contribution is 5.19. The fourth-order valence-corrected chi connectivity index (χ4v) is 3.14. The molecule has 0 unspecified atom stereocenters. The minimum Gasteiger partial charge on any atom is -0.251 e. The minimum atomic E-state index is -1.40. The highest BCUT2D eigenvalue weighted by Crippen LogP contribution is 2.32. The van der Waals surface area contributed by atoms with Crippen LogP contribution in [0.3, 0.4) is 0 Å². The van der Waals surface area contributed by atoms with E-state index in [0.29, 0.717) is 30.2 Å². The Kier molecular flexibility index (Phi) is 6.47. The highest BCUT2D eigenvalue weighted by Gasteiger charge is 2.19. The molecule has 1 aliphatic rings. The Balaban J connectivity index is 1.77. The molecule has 122 valence electrons. The van der Waals surface area contributed by atoms with E-state index >= 15 is 0 Å². The number of allylic oxidation sites excluding steroid dienone is 2. The zero-order chi connectivity index (χ0) is 15.9. The number of alkyl halides is 1. The first-order valence-corrected chi connectivity index (χ1v) is 7.96. The summed E-state index contributed by atoms with van der Waals surface area (Å²) in [6, 6.07) is 2.17.